The molecule has 0 saturated heterocycles. The number of hydrogen-bond donors (Lipinski definition) is 2. The van der Waals surface area contributed by atoms with Crippen molar-refractivity contribution < 1.29 is 31.8 Å². The third kappa shape index (κ3) is 4.80. The normalized spacial score (nSPS) is 13.2. The third-order valence-electron chi connectivity index (χ3n) is 2.43. The highest BCUT2D eigenvalue weighted by molar-refractivity contribution is 7.89. The van der Waals surface area contributed by atoms with E-state index in [0.29, 0.717) is 0 Å². The van der Waals surface area contributed by atoms with Crippen LogP contribution in [0.5, 0.6) is 5.75 Å². The molecule has 0 aliphatic carbocycles. The van der Waals surface area contributed by atoms with Gasteiger partial charge in [0.05, 0.1) is 9.92 Å². The van der Waals surface area contributed by atoms with Crippen molar-refractivity contribution in [1.29, 1.82) is 0 Å². The van der Waals surface area contributed by atoms with Crippen molar-refractivity contribution in [2.45, 2.75) is 30.9 Å². The SMILES string of the molecule is CCC(NS(=O)(=O)c1ccc(OC(F)F)c(Cl)c1)C(=O)O. The lowest BCUT2D eigenvalue weighted by molar-refractivity contribution is -0.139. The predicted molar refractivity (Wildman–Crippen MR) is 70.1 cm³/mol. The van der Waals surface area contributed by atoms with Gasteiger partial charge in [-0.3, -0.25) is 4.79 Å². The van der Waals surface area contributed by atoms with E-state index in [2.05, 4.69) is 4.74 Å². The summed E-state index contributed by atoms with van der Waals surface area (Å²) in [5.74, 6) is -1.71. The maximum absolute atomic E-state index is 12.1. The van der Waals surface area contributed by atoms with Crippen LogP contribution in [0.25, 0.3) is 0 Å². The highest BCUT2D eigenvalue weighted by atomic mass is 35.5. The van der Waals surface area contributed by atoms with Crippen LogP contribution in [-0.4, -0.2) is 32.1 Å². The molecule has 1 atom stereocenters. The molecule has 0 aliphatic rings. The number of ether oxygens (including phenoxy) is 1. The lowest BCUT2D eigenvalue weighted by Gasteiger charge is -2.13. The Kier molecular flexibility index (Phi) is 5.87. The van der Waals surface area contributed by atoms with E-state index in [1.807, 2.05) is 4.72 Å². The summed E-state index contributed by atoms with van der Waals surface area (Å²) < 4.78 is 54.1. The van der Waals surface area contributed by atoms with Crippen LogP contribution in [0.4, 0.5) is 8.78 Å². The van der Waals surface area contributed by atoms with Crippen molar-refractivity contribution in [3.63, 3.8) is 0 Å². The van der Waals surface area contributed by atoms with Gasteiger partial charge in [-0.2, -0.15) is 13.5 Å². The molecule has 0 radical (unpaired) electrons. The topological polar surface area (TPSA) is 92.7 Å². The fraction of sp³-hybridized carbons (Fsp3) is 0.364. The number of alkyl halides is 2. The number of halogens is 3. The quantitative estimate of drug-likeness (QED) is 0.790. The molecule has 10 heteroatoms. The van der Waals surface area contributed by atoms with Crippen molar-refractivity contribution in [2.75, 3.05) is 0 Å². The second-order valence-corrected chi connectivity index (χ2v) is 6.01. The molecule has 0 saturated carbocycles. The number of carbonyl (C=O) groups is 1. The molecule has 1 aromatic rings. The summed E-state index contributed by atoms with van der Waals surface area (Å²) in [4.78, 5) is 10.5. The zero-order valence-corrected chi connectivity index (χ0v) is 12.3. The largest absolute Gasteiger partial charge is 0.480 e. The summed E-state index contributed by atoms with van der Waals surface area (Å²) in [5.41, 5.74) is 0. The van der Waals surface area contributed by atoms with Crippen LogP contribution >= 0.6 is 11.6 Å². The van der Waals surface area contributed by atoms with Gasteiger partial charge in [0.1, 0.15) is 11.8 Å². The predicted octanol–water partition coefficient (Wildman–Crippen LogP) is 2.08. The lowest BCUT2D eigenvalue weighted by atomic mass is 10.2. The van der Waals surface area contributed by atoms with Gasteiger partial charge in [-0.25, -0.2) is 8.42 Å². The van der Waals surface area contributed by atoms with Crippen molar-refractivity contribution in [3.05, 3.63) is 23.2 Å². The Morgan fingerprint density at radius 1 is 1.48 bits per heavy atom. The van der Waals surface area contributed by atoms with E-state index >= 15 is 0 Å². The van der Waals surface area contributed by atoms with Gasteiger partial charge in [-0.15, -0.1) is 0 Å². The number of aliphatic carboxylic acids is 1. The molecule has 0 bridgehead atoms. The minimum atomic E-state index is -4.14. The minimum Gasteiger partial charge on any atom is -0.480 e. The van der Waals surface area contributed by atoms with E-state index < -0.39 is 28.6 Å². The van der Waals surface area contributed by atoms with Crippen LogP contribution < -0.4 is 9.46 Å². The fourth-order valence-corrected chi connectivity index (χ4v) is 2.99. The molecular weight excluding hydrogens is 332 g/mol. The van der Waals surface area contributed by atoms with Gasteiger partial charge in [0, 0.05) is 0 Å². The Balaban J connectivity index is 3.04. The van der Waals surface area contributed by atoms with Gasteiger partial charge in [0.15, 0.2) is 0 Å². The molecule has 118 valence electrons. The molecule has 1 rings (SSSR count). The first-order chi connectivity index (χ1) is 9.67. The van der Waals surface area contributed by atoms with E-state index in [0.717, 1.165) is 18.2 Å². The molecule has 21 heavy (non-hydrogen) atoms. The highest BCUT2D eigenvalue weighted by Gasteiger charge is 2.24. The molecule has 0 aliphatic heterocycles. The van der Waals surface area contributed by atoms with Gasteiger partial charge in [0.2, 0.25) is 10.0 Å². The second-order valence-electron chi connectivity index (χ2n) is 3.89. The molecule has 0 aromatic heterocycles. The van der Waals surface area contributed by atoms with E-state index in [9.17, 15) is 22.0 Å². The number of hydrogen-bond acceptors (Lipinski definition) is 4. The van der Waals surface area contributed by atoms with Crippen molar-refractivity contribution in [1.82, 2.24) is 4.72 Å². The maximum atomic E-state index is 12.1. The number of carboxylic acids is 1. The molecule has 0 heterocycles. The number of sulfonamides is 1. The average Bonchev–Trinajstić information content (AvgIpc) is 2.37. The standard InChI is InChI=1S/C11H12ClF2NO5S/c1-2-8(10(16)17)15-21(18,19)6-3-4-9(7(12)5-6)20-11(13)14/h3-5,8,11,15H,2H2,1H3,(H,16,17). The molecule has 1 aromatic carbocycles. The zero-order valence-electron chi connectivity index (χ0n) is 10.7. The Labute approximate surface area is 124 Å². The molecular formula is C11H12ClF2NO5S. The highest BCUT2D eigenvalue weighted by Crippen LogP contribution is 2.28. The third-order valence-corrected chi connectivity index (χ3v) is 4.20. The Hall–Kier alpha value is -1.45. The van der Waals surface area contributed by atoms with Crippen LogP contribution in [0.2, 0.25) is 5.02 Å². The summed E-state index contributed by atoms with van der Waals surface area (Å²) in [7, 11) is -4.14. The minimum absolute atomic E-state index is 0.0366. The van der Waals surface area contributed by atoms with E-state index in [1.54, 1.807) is 0 Å². The number of carboxylic acid groups (broad SMARTS) is 1. The molecule has 1 unspecified atom stereocenters. The fourth-order valence-electron chi connectivity index (χ4n) is 1.40. The smallest absolute Gasteiger partial charge is 0.387 e. The monoisotopic (exact) mass is 343 g/mol. The Morgan fingerprint density at radius 3 is 2.52 bits per heavy atom. The average molecular weight is 344 g/mol. The van der Waals surface area contributed by atoms with Crippen LogP contribution in [0, 0.1) is 0 Å². The first-order valence-corrected chi connectivity index (χ1v) is 7.53. The van der Waals surface area contributed by atoms with Crippen molar-refractivity contribution in [3.8, 4) is 5.75 Å². The van der Waals surface area contributed by atoms with Crippen LogP contribution in [-0.2, 0) is 14.8 Å². The Bertz CT molecular complexity index is 623. The number of benzene rings is 1. The molecule has 0 amide bonds. The summed E-state index contributed by atoms with van der Waals surface area (Å²) in [6, 6.07) is 1.55. The molecule has 0 spiro atoms. The van der Waals surface area contributed by atoms with Gasteiger partial charge < -0.3 is 9.84 Å². The second kappa shape index (κ2) is 7.01. The maximum Gasteiger partial charge on any atom is 0.387 e. The summed E-state index contributed by atoms with van der Waals surface area (Å²) in [6.45, 7) is -1.60. The summed E-state index contributed by atoms with van der Waals surface area (Å²) >= 11 is 5.65. The van der Waals surface area contributed by atoms with Gasteiger partial charge in [0.25, 0.3) is 0 Å². The zero-order chi connectivity index (χ0) is 16.2. The first-order valence-electron chi connectivity index (χ1n) is 5.67. The number of nitrogens with one attached hydrogen (secondary N) is 1. The first kappa shape index (κ1) is 17.6. The number of rotatable bonds is 7. The van der Waals surface area contributed by atoms with Crippen LogP contribution in [0.3, 0.4) is 0 Å². The van der Waals surface area contributed by atoms with E-state index in [4.69, 9.17) is 16.7 Å². The van der Waals surface area contributed by atoms with E-state index in [1.165, 1.54) is 6.92 Å². The molecule has 0 fully saturated rings. The van der Waals surface area contributed by atoms with Gasteiger partial charge in [-0.1, -0.05) is 18.5 Å². The molecule has 6 nitrogen and oxygen atoms in total. The summed E-state index contributed by atoms with van der Waals surface area (Å²) in [5, 5.41) is 8.49. The van der Waals surface area contributed by atoms with Gasteiger partial charge >= 0.3 is 12.6 Å². The van der Waals surface area contributed by atoms with Crippen LogP contribution in [0.15, 0.2) is 23.1 Å². The summed E-state index contributed by atoms with van der Waals surface area (Å²) in [6.07, 6.45) is 0.0366. The van der Waals surface area contributed by atoms with Crippen molar-refractivity contribution >= 4 is 27.6 Å². The van der Waals surface area contributed by atoms with Crippen LogP contribution in [0.1, 0.15) is 13.3 Å². The Morgan fingerprint density at radius 2 is 2.10 bits per heavy atom. The molecule has 2 N–H and O–H groups in total. The van der Waals surface area contributed by atoms with Gasteiger partial charge in [-0.05, 0) is 24.6 Å². The lowest BCUT2D eigenvalue weighted by Crippen LogP contribution is -2.40. The van der Waals surface area contributed by atoms with E-state index in [-0.39, 0.29) is 22.1 Å². The van der Waals surface area contributed by atoms with Crippen molar-refractivity contribution in [2.24, 2.45) is 0 Å².